The van der Waals surface area contributed by atoms with E-state index in [9.17, 15) is 43.2 Å². The van der Waals surface area contributed by atoms with Gasteiger partial charge in [0.1, 0.15) is 19.3 Å². The summed E-state index contributed by atoms with van der Waals surface area (Å²) in [6.45, 7) is 7.08. The molecule has 17 nitrogen and oxygen atoms in total. The van der Waals surface area contributed by atoms with E-state index in [0.717, 1.165) is 102 Å². The fourth-order valence-electron chi connectivity index (χ4n) is 9.23. The van der Waals surface area contributed by atoms with Crippen LogP contribution in [0, 0.1) is 5.92 Å². The molecule has 0 aliphatic carbocycles. The minimum absolute atomic E-state index is 0.105. The maximum Gasteiger partial charge on any atom is 0.472 e. The molecule has 2 unspecified atom stereocenters. The summed E-state index contributed by atoms with van der Waals surface area (Å²) in [4.78, 5) is 71.8. The third-order valence-electron chi connectivity index (χ3n) is 14.3. The minimum atomic E-state index is -4.94. The number of hydrogen-bond acceptors (Lipinski definition) is 15. The Bertz CT molecular complexity index is 1580. The second-order valence-electron chi connectivity index (χ2n) is 22.9. The highest BCUT2D eigenvalue weighted by molar-refractivity contribution is 7.47. The highest BCUT2D eigenvalue weighted by Crippen LogP contribution is 2.45. The van der Waals surface area contributed by atoms with Gasteiger partial charge in [-0.05, 0) is 31.6 Å². The summed E-state index contributed by atoms with van der Waals surface area (Å²) >= 11 is 0. The van der Waals surface area contributed by atoms with Gasteiger partial charge in [0, 0.05) is 25.7 Å². The van der Waals surface area contributed by atoms with Gasteiger partial charge in [-0.15, -0.1) is 0 Å². The highest BCUT2D eigenvalue weighted by Gasteiger charge is 2.30. The zero-order chi connectivity index (χ0) is 59.9. The van der Waals surface area contributed by atoms with Gasteiger partial charge in [0.2, 0.25) is 0 Å². The number of carbonyl (C=O) groups is 4. The fraction of sp³-hybridized carbons (Fsp3) is 0.935. The van der Waals surface area contributed by atoms with E-state index in [2.05, 4.69) is 34.6 Å². The Hall–Kier alpha value is -1.94. The normalized spacial score (nSPS) is 14.3. The number of aliphatic hydroxyl groups excluding tert-OH is 1. The average Bonchev–Trinajstić information content (AvgIpc) is 3.43. The summed E-state index contributed by atoms with van der Waals surface area (Å²) < 4.78 is 67.7. The van der Waals surface area contributed by atoms with Crippen LogP contribution in [0.15, 0.2) is 0 Å². The number of phosphoric acid groups is 2. The Balaban J connectivity index is 5.17. The topological polar surface area (TPSA) is 237 Å². The molecule has 0 fully saturated rings. The maximum absolute atomic E-state index is 13.0. The predicted molar refractivity (Wildman–Crippen MR) is 322 cm³/mol. The molecular weight excluding hydrogens is 1080 g/mol. The molecule has 5 atom stereocenters. The number of hydrogen-bond donors (Lipinski definition) is 3. The molecule has 0 aromatic carbocycles. The Kier molecular flexibility index (Phi) is 54.6. The second kappa shape index (κ2) is 55.9. The summed E-state index contributed by atoms with van der Waals surface area (Å²) in [5.41, 5.74) is 0. The van der Waals surface area contributed by atoms with Crippen molar-refractivity contribution in [1.29, 1.82) is 0 Å². The number of phosphoric ester groups is 2. The minimum Gasteiger partial charge on any atom is -0.462 e. The van der Waals surface area contributed by atoms with E-state index >= 15 is 0 Å². The Morgan fingerprint density at radius 3 is 0.840 bits per heavy atom. The van der Waals surface area contributed by atoms with Crippen molar-refractivity contribution in [3.8, 4) is 0 Å². The highest BCUT2D eigenvalue weighted by atomic mass is 31.2. The van der Waals surface area contributed by atoms with Crippen molar-refractivity contribution in [2.45, 2.75) is 329 Å². The van der Waals surface area contributed by atoms with Crippen molar-refractivity contribution in [2.24, 2.45) is 5.92 Å². The molecule has 3 N–H and O–H groups in total. The van der Waals surface area contributed by atoms with E-state index in [4.69, 9.17) is 37.0 Å². The number of carbonyl (C=O) groups excluding carboxylic acids is 4. The van der Waals surface area contributed by atoms with Gasteiger partial charge < -0.3 is 33.8 Å². The zero-order valence-electron chi connectivity index (χ0n) is 51.9. The first-order chi connectivity index (χ1) is 39.0. The molecule has 81 heavy (non-hydrogen) atoms. The van der Waals surface area contributed by atoms with Gasteiger partial charge >= 0.3 is 39.5 Å². The Labute approximate surface area is 492 Å². The SMILES string of the molecule is CCCCCCCCCCCCCCCC(=O)OC[C@H](COP(=O)(O)OC[C@@H](O)COP(=O)(O)OC[C@@H](COC(=O)CCCCCCC)OC(=O)CCCCCCCCCCC)OC(=O)CCCCCCCCCCCCCC(C)C. The van der Waals surface area contributed by atoms with Crippen LogP contribution >= 0.6 is 15.6 Å². The molecule has 0 bridgehead atoms. The van der Waals surface area contributed by atoms with Crippen molar-refractivity contribution in [3.63, 3.8) is 0 Å². The van der Waals surface area contributed by atoms with Crippen molar-refractivity contribution in [3.05, 3.63) is 0 Å². The van der Waals surface area contributed by atoms with E-state index in [1.165, 1.54) is 128 Å². The number of aliphatic hydroxyl groups is 1. The van der Waals surface area contributed by atoms with Gasteiger partial charge in [-0.3, -0.25) is 37.3 Å². The van der Waals surface area contributed by atoms with Crippen LogP contribution in [-0.2, 0) is 65.4 Å². The molecule has 0 amide bonds. The lowest BCUT2D eigenvalue weighted by molar-refractivity contribution is -0.161. The number of esters is 4. The average molecular weight is 1200 g/mol. The van der Waals surface area contributed by atoms with Crippen LogP contribution in [0.2, 0.25) is 0 Å². The molecule has 19 heteroatoms. The van der Waals surface area contributed by atoms with Crippen LogP contribution in [0.4, 0.5) is 0 Å². The van der Waals surface area contributed by atoms with Crippen LogP contribution in [0.1, 0.15) is 311 Å². The molecule has 0 saturated carbocycles. The van der Waals surface area contributed by atoms with Crippen molar-refractivity contribution in [1.82, 2.24) is 0 Å². The van der Waals surface area contributed by atoms with Gasteiger partial charge in [0.25, 0.3) is 0 Å². The number of unbranched alkanes of at least 4 members (excludes halogenated alkanes) is 34. The lowest BCUT2D eigenvalue weighted by atomic mass is 10.0. The molecule has 0 aromatic heterocycles. The summed E-state index contributed by atoms with van der Waals surface area (Å²) in [5, 5.41) is 10.5. The molecule has 0 aliphatic heterocycles. The molecule has 480 valence electrons. The van der Waals surface area contributed by atoms with Crippen LogP contribution in [0.5, 0.6) is 0 Å². The first kappa shape index (κ1) is 79.1. The third-order valence-corrected chi connectivity index (χ3v) is 16.2. The first-order valence-corrected chi connectivity index (χ1v) is 35.6. The first-order valence-electron chi connectivity index (χ1n) is 32.6. The molecule has 0 aromatic rings. The lowest BCUT2D eigenvalue weighted by Gasteiger charge is -2.21. The van der Waals surface area contributed by atoms with Crippen LogP contribution in [0.25, 0.3) is 0 Å². The lowest BCUT2D eigenvalue weighted by Crippen LogP contribution is -2.30. The number of rotatable bonds is 62. The van der Waals surface area contributed by atoms with Gasteiger partial charge in [-0.25, -0.2) is 9.13 Å². The van der Waals surface area contributed by atoms with Gasteiger partial charge in [-0.2, -0.15) is 0 Å². The monoisotopic (exact) mass is 1200 g/mol. The van der Waals surface area contributed by atoms with Gasteiger partial charge in [0.15, 0.2) is 12.2 Å². The van der Waals surface area contributed by atoms with E-state index in [-0.39, 0.29) is 25.7 Å². The van der Waals surface area contributed by atoms with Crippen molar-refractivity contribution >= 4 is 39.5 Å². The Morgan fingerprint density at radius 2 is 0.568 bits per heavy atom. The fourth-order valence-corrected chi connectivity index (χ4v) is 10.8. The quantitative estimate of drug-likeness (QED) is 0.0222. The molecule has 0 aliphatic rings. The smallest absolute Gasteiger partial charge is 0.462 e. The van der Waals surface area contributed by atoms with Crippen LogP contribution in [-0.4, -0.2) is 96.7 Å². The van der Waals surface area contributed by atoms with E-state index < -0.39 is 97.5 Å². The maximum atomic E-state index is 13.0. The van der Waals surface area contributed by atoms with Crippen molar-refractivity contribution in [2.75, 3.05) is 39.6 Å². The molecule has 0 radical (unpaired) electrons. The summed E-state index contributed by atoms with van der Waals surface area (Å²) in [6, 6.07) is 0. The zero-order valence-corrected chi connectivity index (χ0v) is 53.7. The van der Waals surface area contributed by atoms with E-state index in [1.807, 2.05) is 0 Å². The second-order valence-corrected chi connectivity index (χ2v) is 25.8. The van der Waals surface area contributed by atoms with E-state index in [0.29, 0.717) is 25.7 Å². The molecule has 0 saturated heterocycles. The van der Waals surface area contributed by atoms with E-state index in [1.54, 1.807) is 0 Å². The molecule has 0 rings (SSSR count). The van der Waals surface area contributed by atoms with Crippen LogP contribution < -0.4 is 0 Å². The van der Waals surface area contributed by atoms with Gasteiger partial charge in [0.05, 0.1) is 26.4 Å². The summed E-state index contributed by atoms with van der Waals surface area (Å²) in [6.07, 6.45) is 39.2. The Morgan fingerprint density at radius 1 is 0.333 bits per heavy atom. The third kappa shape index (κ3) is 56.9. The number of ether oxygens (including phenoxy) is 4. The molecule has 0 spiro atoms. The summed E-state index contributed by atoms with van der Waals surface area (Å²) in [5.74, 6) is -1.38. The van der Waals surface area contributed by atoms with Crippen LogP contribution in [0.3, 0.4) is 0 Å². The van der Waals surface area contributed by atoms with Gasteiger partial charge in [-0.1, -0.05) is 259 Å². The standard InChI is InChI=1S/C62H120O17P2/c1-6-9-12-15-17-19-20-21-24-28-31-36-41-46-60(65)73-52-58(79-62(67)48-43-38-33-29-25-22-23-27-30-35-39-44-55(4)5)54-77-81(70,71)75-50-56(63)49-74-80(68,69)76-53-57(51-72-59(64)45-40-34-14-11-8-3)78-61(66)47-42-37-32-26-18-16-13-10-7-2/h55-58,63H,6-54H2,1-5H3,(H,68,69)(H,70,71)/t56-,57+,58+/m0/s1. The molecule has 0 heterocycles. The summed E-state index contributed by atoms with van der Waals surface area (Å²) in [7, 11) is -9.87. The predicted octanol–water partition coefficient (Wildman–Crippen LogP) is 17.0. The van der Waals surface area contributed by atoms with Crippen molar-refractivity contribution < 1.29 is 80.2 Å². The largest absolute Gasteiger partial charge is 0.472 e. The molecular formula is C62H120O17P2.